The molecule has 3 heterocycles. The van der Waals surface area contributed by atoms with Gasteiger partial charge in [-0.3, -0.25) is 19.8 Å². The third-order valence-electron chi connectivity index (χ3n) is 6.00. The zero-order chi connectivity index (χ0) is 25.2. The molecule has 5 rings (SSSR count). The number of furan rings is 1. The summed E-state index contributed by atoms with van der Waals surface area (Å²) >= 11 is 0. The number of para-hydroxylation sites is 1. The molecule has 4 amide bonds. The summed E-state index contributed by atoms with van der Waals surface area (Å²) in [6, 6.07) is 16.4. The molecule has 36 heavy (non-hydrogen) atoms. The largest absolute Gasteiger partial charge is 0.492 e. The number of amides is 4. The van der Waals surface area contributed by atoms with Gasteiger partial charge < -0.3 is 13.7 Å². The zero-order valence-corrected chi connectivity index (χ0v) is 20.0. The zero-order valence-electron chi connectivity index (χ0n) is 20.0. The molecule has 0 radical (unpaired) electrons. The average molecular weight is 484 g/mol. The Labute approximate surface area is 207 Å². The predicted molar refractivity (Wildman–Crippen MR) is 134 cm³/mol. The molecule has 4 aromatic rings. The minimum absolute atomic E-state index is 0.0696. The van der Waals surface area contributed by atoms with Gasteiger partial charge in [0.1, 0.15) is 23.7 Å². The van der Waals surface area contributed by atoms with Gasteiger partial charge in [-0.15, -0.1) is 0 Å². The van der Waals surface area contributed by atoms with Crippen molar-refractivity contribution in [1.29, 1.82) is 0 Å². The van der Waals surface area contributed by atoms with Crippen LogP contribution in [0, 0.1) is 13.8 Å². The Balaban J connectivity index is 1.41. The molecule has 2 aromatic heterocycles. The van der Waals surface area contributed by atoms with Crippen LogP contribution >= 0.6 is 0 Å². The van der Waals surface area contributed by atoms with E-state index < -0.39 is 17.8 Å². The lowest BCUT2D eigenvalue weighted by atomic mass is 10.1. The van der Waals surface area contributed by atoms with Crippen molar-refractivity contribution in [3.8, 4) is 5.75 Å². The van der Waals surface area contributed by atoms with E-state index in [0.717, 1.165) is 32.7 Å². The predicted octanol–water partition coefficient (Wildman–Crippen LogP) is 4.59. The summed E-state index contributed by atoms with van der Waals surface area (Å²) in [5.41, 5.74) is 3.81. The number of ether oxygens (including phenoxy) is 1. The first-order valence-electron chi connectivity index (χ1n) is 11.6. The molecule has 8 heteroatoms. The third-order valence-corrected chi connectivity index (χ3v) is 6.00. The Morgan fingerprint density at radius 3 is 2.53 bits per heavy atom. The van der Waals surface area contributed by atoms with Crippen molar-refractivity contribution in [3.05, 3.63) is 95.1 Å². The lowest BCUT2D eigenvalue weighted by molar-refractivity contribution is -0.130. The number of hydrogen-bond donors (Lipinski definition) is 1. The molecule has 0 aliphatic carbocycles. The summed E-state index contributed by atoms with van der Waals surface area (Å²) in [5, 5.41) is 3.13. The monoisotopic (exact) mass is 483 g/mol. The Morgan fingerprint density at radius 2 is 1.78 bits per heavy atom. The number of barbiturate groups is 1. The van der Waals surface area contributed by atoms with Gasteiger partial charge in [0.25, 0.3) is 11.8 Å². The smallest absolute Gasteiger partial charge is 0.331 e. The SMILES string of the molecule is Cc1cc(C)cc(OCCn2cc(/C=C3/C(=O)NC(=O)N(Cc4ccco4)C3=O)c3ccccc32)c1. The summed E-state index contributed by atoms with van der Waals surface area (Å²) in [7, 11) is 0. The number of carbonyl (C=O) groups is 3. The first kappa shape index (κ1) is 23.2. The maximum absolute atomic E-state index is 13.1. The van der Waals surface area contributed by atoms with E-state index in [2.05, 4.69) is 11.4 Å². The average Bonchev–Trinajstić information content (AvgIpc) is 3.47. The minimum atomic E-state index is -0.774. The number of rotatable bonds is 7. The fourth-order valence-corrected chi connectivity index (χ4v) is 4.40. The highest BCUT2D eigenvalue weighted by Crippen LogP contribution is 2.26. The molecule has 1 saturated heterocycles. The van der Waals surface area contributed by atoms with Crippen LogP contribution in [-0.2, 0) is 22.7 Å². The summed E-state index contributed by atoms with van der Waals surface area (Å²) in [5.74, 6) is -0.143. The van der Waals surface area contributed by atoms with E-state index >= 15 is 0 Å². The lowest BCUT2D eigenvalue weighted by Gasteiger charge is -2.25. The second-order valence-electron chi connectivity index (χ2n) is 8.75. The van der Waals surface area contributed by atoms with Crippen LogP contribution in [0.15, 0.2) is 77.0 Å². The lowest BCUT2D eigenvalue weighted by Crippen LogP contribution is -2.53. The summed E-state index contributed by atoms with van der Waals surface area (Å²) < 4.78 is 13.3. The Morgan fingerprint density at radius 1 is 1.00 bits per heavy atom. The number of carbonyl (C=O) groups excluding carboxylic acids is 3. The first-order valence-corrected chi connectivity index (χ1v) is 11.6. The highest BCUT2D eigenvalue weighted by atomic mass is 16.5. The minimum Gasteiger partial charge on any atom is -0.492 e. The second-order valence-corrected chi connectivity index (χ2v) is 8.75. The van der Waals surface area contributed by atoms with Gasteiger partial charge in [0.2, 0.25) is 0 Å². The third kappa shape index (κ3) is 4.65. The normalized spacial score (nSPS) is 15.1. The molecule has 2 aromatic carbocycles. The van der Waals surface area contributed by atoms with Crippen LogP contribution < -0.4 is 10.1 Å². The van der Waals surface area contributed by atoms with Crippen molar-refractivity contribution in [2.75, 3.05) is 6.61 Å². The number of urea groups is 1. The maximum atomic E-state index is 13.1. The van der Waals surface area contributed by atoms with Gasteiger partial charge in [0, 0.05) is 22.7 Å². The van der Waals surface area contributed by atoms with E-state index in [0.29, 0.717) is 24.5 Å². The van der Waals surface area contributed by atoms with Crippen molar-refractivity contribution in [1.82, 2.24) is 14.8 Å². The van der Waals surface area contributed by atoms with Crippen LogP contribution in [0.5, 0.6) is 5.75 Å². The fraction of sp³-hybridized carbons (Fsp3) is 0.179. The van der Waals surface area contributed by atoms with Crippen LogP contribution in [0.4, 0.5) is 4.79 Å². The molecular weight excluding hydrogens is 458 g/mol. The van der Waals surface area contributed by atoms with E-state index in [-0.39, 0.29) is 12.1 Å². The van der Waals surface area contributed by atoms with Crippen molar-refractivity contribution >= 4 is 34.8 Å². The molecule has 1 aliphatic heterocycles. The number of nitrogens with zero attached hydrogens (tertiary/aromatic N) is 2. The number of hydrogen-bond acceptors (Lipinski definition) is 5. The van der Waals surface area contributed by atoms with Gasteiger partial charge in [-0.1, -0.05) is 24.3 Å². The molecule has 8 nitrogen and oxygen atoms in total. The number of fused-ring (bicyclic) bond motifs is 1. The molecule has 182 valence electrons. The van der Waals surface area contributed by atoms with E-state index in [4.69, 9.17) is 9.15 Å². The van der Waals surface area contributed by atoms with Crippen LogP contribution in [0.3, 0.4) is 0 Å². The number of benzene rings is 2. The Kier molecular flexibility index (Phi) is 6.16. The molecule has 1 fully saturated rings. The molecule has 0 unspecified atom stereocenters. The molecule has 1 aliphatic rings. The molecule has 1 N–H and O–H groups in total. The molecule has 0 saturated carbocycles. The Bertz CT molecular complexity index is 1480. The van der Waals surface area contributed by atoms with Crippen LogP contribution in [0.1, 0.15) is 22.5 Å². The van der Waals surface area contributed by atoms with Crippen molar-refractivity contribution in [3.63, 3.8) is 0 Å². The Hall–Kier alpha value is -4.59. The van der Waals surface area contributed by atoms with Gasteiger partial charge in [0.05, 0.1) is 19.4 Å². The number of nitrogens with one attached hydrogen (secondary N) is 1. The van der Waals surface area contributed by atoms with Gasteiger partial charge in [0.15, 0.2) is 0 Å². The summed E-state index contributed by atoms with van der Waals surface area (Å²) in [6.07, 6.45) is 4.88. The fourth-order valence-electron chi connectivity index (χ4n) is 4.40. The topological polar surface area (TPSA) is 93.8 Å². The molecule has 0 bridgehead atoms. The number of aryl methyl sites for hydroxylation is 2. The van der Waals surface area contributed by atoms with E-state index in [1.165, 1.54) is 12.3 Å². The van der Waals surface area contributed by atoms with Crippen LogP contribution in [-0.4, -0.2) is 33.9 Å². The van der Waals surface area contributed by atoms with E-state index in [9.17, 15) is 14.4 Å². The summed E-state index contributed by atoms with van der Waals surface area (Å²) in [4.78, 5) is 39.0. The van der Waals surface area contributed by atoms with Gasteiger partial charge in [-0.2, -0.15) is 0 Å². The second kappa shape index (κ2) is 9.58. The summed E-state index contributed by atoms with van der Waals surface area (Å²) in [6.45, 7) is 5.01. The number of aromatic nitrogens is 1. The standard InChI is InChI=1S/C28H25N3O5/c1-18-12-19(2)14-22(13-18)36-11-9-30-16-20(23-7-3-4-8-25(23)30)15-24-26(32)29-28(34)31(27(24)33)17-21-6-5-10-35-21/h3-8,10,12-16H,9,11,17H2,1-2H3,(H,29,32,34)/b24-15-. The van der Waals surface area contributed by atoms with Gasteiger partial charge in [-0.25, -0.2) is 4.79 Å². The van der Waals surface area contributed by atoms with E-state index in [1.807, 2.05) is 61.0 Å². The molecule has 0 atom stereocenters. The van der Waals surface area contributed by atoms with Crippen LogP contribution in [0.2, 0.25) is 0 Å². The van der Waals surface area contributed by atoms with Gasteiger partial charge in [-0.05, 0) is 61.4 Å². The highest BCUT2D eigenvalue weighted by Gasteiger charge is 2.36. The highest BCUT2D eigenvalue weighted by molar-refractivity contribution is 6.31. The van der Waals surface area contributed by atoms with Gasteiger partial charge >= 0.3 is 6.03 Å². The first-order chi connectivity index (χ1) is 17.4. The van der Waals surface area contributed by atoms with Crippen molar-refractivity contribution < 1.29 is 23.5 Å². The maximum Gasteiger partial charge on any atom is 0.331 e. The van der Waals surface area contributed by atoms with Crippen molar-refractivity contribution in [2.45, 2.75) is 26.9 Å². The number of imide groups is 2. The quantitative estimate of drug-likeness (QED) is 0.307. The molecule has 0 spiro atoms. The van der Waals surface area contributed by atoms with Crippen LogP contribution in [0.25, 0.3) is 17.0 Å². The van der Waals surface area contributed by atoms with E-state index in [1.54, 1.807) is 12.1 Å². The van der Waals surface area contributed by atoms with Crippen molar-refractivity contribution in [2.24, 2.45) is 0 Å². The molecular formula is C28H25N3O5.